The zero-order valence-electron chi connectivity index (χ0n) is 13.4. The lowest BCUT2D eigenvalue weighted by Gasteiger charge is -2.08. The van der Waals surface area contributed by atoms with E-state index in [0.29, 0.717) is 11.4 Å². The average molecular weight is 402 g/mol. The second kappa shape index (κ2) is 7.40. The number of carbonyl (C=O) groups excluding carboxylic acids is 2. The lowest BCUT2D eigenvalue weighted by molar-refractivity contribution is -0.123. The first kappa shape index (κ1) is 17.0. The number of aryl methyl sites for hydroxylation is 1. The van der Waals surface area contributed by atoms with E-state index in [-0.39, 0.29) is 6.61 Å². The molecular formula is C18H16BrN3O3. The Morgan fingerprint density at radius 3 is 2.60 bits per heavy atom. The van der Waals surface area contributed by atoms with E-state index in [9.17, 15) is 9.59 Å². The number of hydrazine groups is 1. The third-order valence-electron chi connectivity index (χ3n) is 3.52. The van der Waals surface area contributed by atoms with Crippen LogP contribution in [-0.2, 0) is 4.79 Å². The summed E-state index contributed by atoms with van der Waals surface area (Å²) in [6.07, 6.45) is 0. The molecule has 0 bridgehead atoms. The first-order valence-electron chi connectivity index (χ1n) is 7.58. The lowest BCUT2D eigenvalue weighted by atomic mass is 10.2. The molecule has 0 aliphatic rings. The molecule has 0 aliphatic carbocycles. The number of hydrogen-bond donors (Lipinski definition) is 3. The molecule has 7 heteroatoms. The minimum absolute atomic E-state index is 0.201. The van der Waals surface area contributed by atoms with E-state index in [1.54, 1.807) is 18.2 Å². The number of halogens is 1. The van der Waals surface area contributed by atoms with Gasteiger partial charge in [0.05, 0.1) is 0 Å². The van der Waals surface area contributed by atoms with Gasteiger partial charge in [-0.25, -0.2) is 0 Å². The molecule has 25 heavy (non-hydrogen) atoms. The van der Waals surface area contributed by atoms with Crippen LogP contribution in [0.5, 0.6) is 5.75 Å². The van der Waals surface area contributed by atoms with Gasteiger partial charge in [0, 0.05) is 15.4 Å². The first-order chi connectivity index (χ1) is 12.0. The Bertz CT molecular complexity index is 919. The fourth-order valence-electron chi connectivity index (χ4n) is 2.27. The molecule has 3 rings (SSSR count). The summed E-state index contributed by atoms with van der Waals surface area (Å²) in [5.74, 6) is -0.315. The van der Waals surface area contributed by atoms with Gasteiger partial charge in [-0.2, -0.15) is 0 Å². The fourth-order valence-corrected chi connectivity index (χ4v) is 2.54. The largest absolute Gasteiger partial charge is 0.484 e. The molecule has 0 radical (unpaired) electrons. The quantitative estimate of drug-likeness (QED) is 0.587. The Morgan fingerprint density at radius 2 is 1.84 bits per heavy atom. The molecular weight excluding hydrogens is 386 g/mol. The van der Waals surface area contributed by atoms with Gasteiger partial charge in [0.1, 0.15) is 11.4 Å². The highest BCUT2D eigenvalue weighted by Gasteiger charge is 2.11. The standard InChI is InChI=1S/C18H16BrN3O3/c1-11-2-3-12-9-16(20-15(12)8-11)18(24)22-21-17(23)10-25-14-6-4-13(19)5-7-14/h2-9,20H,10H2,1H3,(H,21,23)(H,22,24). The number of carbonyl (C=O) groups is 2. The maximum Gasteiger partial charge on any atom is 0.286 e. The number of ether oxygens (including phenoxy) is 1. The molecule has 0 saturated heterocycles. The van der Waals surface area contributed by atoms with Gasteiger partial charge in [0.25, 0.3) is 11.8 Å². The molecule has 0 spiro atoms. The van der Waals surface area contributed by atoms with Gasteiger partial charge in [-0.15, -0.1) is 0 Å². The van der Waals surface area contributed by atoms with Crippen LogP contribution in [0.25, 0.3) is 10.9 Å². The van der Waals surface area contributed by atoms with Crippen molar-refractivity contribution in [1.82, 2.24) is 15.8 Å². The number of rotatable bonds is 4. The summed E-state index contributed by atoms with van der Waals surface area (Å²) in [5, 5.41) is 0.931. The van der Waals surface area contributed by atoms with Crippen LogP contribution in [0.15, 0.2) is 53.0 Å². The van der Waals surface area contributed by atoms with Crippen LogP contribution in [0, 0.1) is 6.92 Å². The maximum atomic E-state index is 12.1. The first-order valence-corrected chi connectivity index (χ1v) is 8.37. The Balaban J connectivity index is 1.52. The van der Waals surface area contributed by atoms with Crippen molar-refractivity contribution < 1.29 is 14.3 Å². The van der Waals surface area contributed by atoms with Crippen molar-refractivity contribution in [3.8, 4) is 5.75 Å². The number of aromatic amines is 1. The van der Waals surface area contributed by atoms with Gasteiger partial charge in [-0.05, 0) is 48.9 Å². The smallest absolute Gasteiger partial charge is 0.286 e. The normalized spacial score (nSPS) is 10.5. The molecule has 0 saturated carbocycles. The van der Waals surface area contributed by atoms with Gasteiger partial charge >= 0.3 is 0 Å². The van der Waals surface area contributed by atoms with Crippen LogP contribution in [0.2, 0.25) is 0 Å². The van der Waals surface area contributed by atoms with Crippen molar-refractivity contribution >= 4 is 38.6 Å². The zero-order chi connectivity index (χ0) is 17.8. The van der Waals surface area contributed by atoms with Gasteiger partial charge in [0.15, 0.2) is 6.61 Å². The SMILES string of the molecule is Cc1ccc2cc(C(=O)NNC(=O)COc3ccc(Br)cc3)[nH]c2c1. The van der Waals surface area contributed by atoms with E-state index in [4.69, 9.17) is 4.74 Å². The van der Waals surface area contributed by atoms with Crippen molar-refractivity contribution in [2.24, 2.45) is 0 Å². The molecule has 0 fully saturated rings. The van der Waals surface area contributed by atoms with E-state index in [0.717, 1.165) is 20.9 Å². The van der Waals surface area contributed by atoms with E-state index >= 15 is 0 Å². The van der Waals surface area contributed by atoms with Gasteiger partial charge < -0.3 is 9.72 Å². The predicted octanol–water partition coefficient (Wildman–Crippen LogP) is 3.08. The minimum atomic E-state index is -0.455. The van der Waals surface area contributed by atoms with Crippen molar-refractivity contribution in [3.05, 3.63) is 64.3 Å². The number of benzene rings is 2. The van der Waals surface area contributed by atoms with Crippen molar-refractivity contribution in [1.29, 1.82) is 0 Å². The molecule has 2 aromatic carbocycles. The average Bonchev–Trinajstić information content (AvgIpc) is 3.02. The molecule has 0 unspecified atom stereocenters. The molecule has 0 aliphatic heterocycles. The summed E-state index contributed by atoms with van der Waals surface area (Å²) in [7, 11) is 0. The predicted molar refractivity (Wildman–Crippen MR) is 98.3 cm³/mol. The van der Waals surface area contributed by atoms with Crippen molar-refractivity contribution in [3.63, 3.8) is 0 Å². The molecule has 1 aromatic heterocycles. The van der Waals surface area contributed by atoms with Crippen LogP contribution in [0.3, 0.4) is 0 Å². The topological polar surface area (TPSA) is 83.2 Å². The summed E-state index contributed by atoms with van der Waals surface area (Å²) < 4.78 is 6.25. The van der Waals surface area contributed by atoms with E-state index in [1.165, 1.54) is 0 Å². The van der Waals surface area contributed by atoms with Crippen LogP contribution >= 0.6 is 15.9 Å². The highest BCUT2D eigenvalue weighted by molar-refractivity contribution is 9.10. The van der Waals surface area contributed by atoms with Crippen molar-refractivity contribution in [2.75, 3.05) is 6.61 Å². The van der Waals surface area contributed by atoms with Crippen LogP contribution in [-0.4, -0.2) is 23.4 Å². The summed E-state index contributed by atoms with van der Waals surface area (Å²) >= 11 is 3.32. The number of hydrogen-bond acceptors (Lipinski definition) is 3. The number of aromatic nitrogens is 1. The van der Waals surface area contributed by atoms with Crippen LogP contribution < -0.4 is 15.6 Å². The third kappa shape index (κ3) is 4.39. The Labute approximate surface area is 152 Å². The fraction of sp³-hybridized carbons (Fsp3) is 0.111. The van der Waals surface area contributed by atoms with E-state index < -0.39 is 11.8 Å². The molecule has 1 heterocycles. The third-order valence-corrected chi connectivity index (χ3v) is 4.05. The van der Waals surface area contributed by atoms with Gasteiger partial charge in [-0.3, -0.25) is 20.4 Å². The number of amides is 2. The molecule has 2 amide bonds. The summed E-state index contributed by atoms with van der Waals surface area (Å²) in [4.78, 5) is 26.9. The monoisotopic (exact) mass is 401 g/mol. The number of H-pyrrole nitrogens is 1. The number of fused-ring (bicyclic) bond motifs is 1. The Hall–Kier alpha value is -2.80. The molecule has 0 atom stereocenters. The van der Waals surface area contributed by atoms with Crippen LogP contribution in [0.1, 0.15) is 16.1 Å². The molecule has 6 nitrogen and oxygen atoms in total. The lowest BCUT2D eigenvalue weighted by Crippen LogP contribution is -2.43. The summed E-state index contributed by atoms with van der Waals surface area (Å²) in [6.45, 7) is 1.78. The summed E-state index contributed by atoms with van der Waals surface area (Å²) in [6, 6.07) is 14.7. The number of nitrogens with one attached hydrogen (secondary N) is 3. The molecule has 3 N–H and O–H groups in total. The van der Waals surface area contributed by atoms with Gasteiger partial charge in [-0.1, -0.05) is 28.1 Å². The van der Waals surface area contributed by atoms with Gasteiger partial charge in [0.2, 0.25) is 0 Å². The molecule has 3 aromatic rings. The second-order valence-electron chi connectivity index (χ2n) is 5.52. The van der Waals surface area contributed by atoms with Crippen LogP contribution in [0.4, 0.5) is 0 Å². The van der Waals surface area contributed by atoms with E-state index in [2.05, 4.69) is 31.8 Å². The van der Waals surface area contributed by atoms with Crippen molar-refractivity contribution in [2.45, 2.75) is 6.92 Å². The second-order valence-corrected chi connectivity index (χ2v) is 6.43. The molecule has 128 valence electrons. The Kier molecular flexibility index (Phi) is 5.04. The Morgan fingerprint density at radius 1 is 1.08 bits per heavy atom. The minimum Gasteiger partial charge on any atom is -0.484 e. The highest BCUT2D eigenvalue weighted by Crippen LogP contribution is 2.17. The summed E-state index contributed by atoms with van der Waals surface area (Å²) in [5.41, 5.74) is 7.03. The maximum absolute atomic E-state index is 12.1. The highest BCUT2D eigenvalue weighted by atomic mass is 79.9. The van der Waals surface area contributed by atoms with E-state index in [1.807, 2.05) is 37.3 Å². The zero-order valence-corrected chi connectivity index (χ0v) is 15.0.